The minimum atomic E-state index is -1.25. The molecule has 2 amide bonds. The lowest BCUT2D eigenvalue weighted by molar-refractivity contribution is -0.141. The average molecular weight is 574 g/mol. The molecule has 1 heterocycles. The number of hydrogen-bond donors (Lipinski definition) is 0. The number of allylic oxidation sites excluding steroid dienone is 1. The summed E-state index contributed by atoms with van der Waals surface area (Å²) in [5.41, 5.74) is 2.53. The van der Waals surface area contributed by atoms with Gasteiger partial charge in [0.15, 0.2) is 6.10 Å². The molecule has 1 aliphatic rings. The topological polar surface area (TPSA) is 72.9 Å². The third kappa shape index (κ3) is 6.14. The number of carbonyl (C=O) groups excluding carboxylic acids is 3. The van der Waals surface area contributed by atoms with Crippen LogP contribution in [0.3, 0.4) is 0 Å². The largest absolute Gasteiger partial charge is 0.449 e. The maximum Gasteiger partial charge on any atom is 0.421 e. The number of rotatable bonds is 7. The first kappa shape index (κ1) is 29.5. The number of aryl methyl sites for hydroxylation is 1. The highest BCUT2D eigenvalue weighted by Crippen LogP contribution is 2.49. The molecule has 0 unspecified atom stereocenters. The first-order valence-electron chi connectivity index (χ1n) is 14.3. The van der Waals surface area contributed by atoms with Crippen LogP contribution in [0.2, 0.25) is 0 Å². The van der Waals surface area contributed by atoms with Crippen molar-refractivity contribution in [3.05, 3.63) is 149 Å². The lowest BCUT2D eigenvalue weighted by Gasteiger charge is -2.29. The fourth-order valence-corrected chi connectivity index (χ4v) is 5.44. The summed E-state index contributed by atoms with van der Waals surface area (Å²) < 4.78 is 11.6. The van der Waals surface area contributed by atoms with E-state index in [1.54, 1.807) is 39.0 Å². The monoisotopic (exact) mass is 573 g/mol. The van der Waals surface area contributed by atoms with Crippen molar-refractivity contribution in [2.75, 3.05) is 4.90 Å². The van der Waals surface area contributed by atoms with Gasteiger partial charge in [0.1, 0.15) is 11.0 Å². The highest BCUT2D eigenvalue weighted by molar-refractivity contribution is 6.22. The fraction of sp³-hybridized carbons (Fsp3) is 0.216. The number of amides is 2. The van der Waals surface area contributed by atoms with Crippen molar-refractivity contribution in [3.63, 3.8) is 0 Å². The van der Waals surface area contributed by atoms with Crippen molar-refractivity contribution in [1.82, 2.24) is 0 Å². The van der Waals surface area contributed by atoms with Crippen LogP contribution in [0, 0.1) is 6.92 Å². The Hall–Kier alpha value is -4.97. The average Bonchev–Trinajstić information content (AvgIpc) is 3.24. The molecule has 4 aromatic rings. The maximum absolute atomic E-state index is 14.4. The Labute approximate surface area is 252 Å². The molecule has 0 saturated carbocycles. The third-order valence-corrected chi connectivity index (χ3v) is 7.41. The van der Waals surface area contributed by atoms with Crippen LogP contribution in [0.15, 0.2) is 121 Å². The Kier molecular flexibility index (Phi) is 8.31. The lowest BCUT2D eigenvalue weighted by Crippen LogP contribution is -2.45. The molecule has 1 aliphatic heterocycles. The predicted molar refractivity (Wildman–Crippen MR) is 167 cm³/mol. The van der Waals surface area contributed by atoms with Crippen LogP contribution in [-0.2, 0) is 24.5 Å². The molecule has 0 saturated heterocycles. The molecule has 0 bridgehead atoms. The minimum absolute atomic E-state index is 0.127. The number of para-hydroxylation sites is 1. The van der Waals surface area contributed by atoms with Crippen LogP contribution < -0.4 is 4.90 Å². The van der Waals surface area contributed by atoms with E-state index in [4.69, 9.17) is 9.47 Å². The van der Waals surface area contributed by atoms with E-state index in [1.165, 1.54) is 6.08 Å². The van der Waals surface area contributed by atoms with Gasteiger partial charge in [-0.3, -0.25) is 4.79 Å². The SMILES string of the molecule is Cc1ccc([C@]2(C/C=C\C(=O)OC(c3ccccc3)c3ccccc3)C(=O)N(C(=O)OC(C)(C)C)c3ccccc32)cc1. The van der Waals surface area contributed by atoms with Gasteiger partial charge in [-0.15, -0.1) is 0 Å². The lowest BCUT2D eigenvalue weighted by atomic mass is 9.72. The van der Waals surface area contributed by atoms with E-state index < -0.39 is 35.1 Å². The summed E-state index contributed by atoms with van der Waals surface area (Å²) in [6.45, 7) is 7.25. The molecule has 0 fully saturated rings. The second-order valence-corrected chi connectivity index (χ2v) is 11.7. The second-order valence-electron chi connectivity index (χ2n) is 11.7. The van der Waals surface area contributed by atoms with Gasteiger partial charge in [-0.05, 0) is 62.4 Å². The maximum atomic E-state index is 14.4. The van der Waals surface area contributed by atoms with Crippen LogP contribution in [-0.4, -0.2) is 23.6 Å². The zero-order chi connectivity index (χ0) is 30.6. The Balaban J connectivity index is 1.49. The second kappa shape index (κ2) is 12.1. The van der Waals surface area contributed by atoms with E-state index >= 15 is 0 Å². The summed E-state index contributed by atoms with van der Waals surface area (Å²) in [4.78, 5) is 42.1. The number of carbonyl (C=O) groups is 3. The number of ether oxygens (including phenoxy) is 2. The summed E-state index contributed by atoms with van der Waals surface area (Å²) in [6, 6.07) is 34.0. The predicted octanol–water partition coefficient (Wildman–Crippen LogP) is 7.84. The molecule has 1 atom stereocenters. The summed E-state index contributed by atoms with van der Waals surface area (Å²) >= 11 is 0. The van der Waals surface area contributed by atoms with Crippen LogP contribution in [0.25, 0.3) is 0 Å². The summed E-state index contributed by atoms with van der Waals surface area (Å²) in [5.74, 6) is -0.976. The molecular weight excluding hydrogens is 538 g/mol. The molecule has 43 heavy (non-hydrogen) atoms. The Morgan fingerprint density at radius 2 is 1.37 bits per heavy atom. The van der Waals surface area contributed by atoms with Crippen molar-refractivity contribution >= 4 is 23.7 Å². The normalized spacial score (nSPS) is 16.4. The molecule has 0 radical (unpaired) electrons. The van der Waals surface area contributed by atoms with Gasteiger partial charge in [-0.2, -0.15) is 0 Å². The van der Waals surface area contributed by atoms with Gasteiger partial charge in [0.25, 0.3) is 5.91 Å². The van der Waals surface area contributed by atoms with Gasteiger partial charge in [0, 0.05) is 6.08 Å². The molecular formula is C37H35NO5. The summed E-state index contributed by atoms with van der Waals surface area (Å²) in [7, 11) is 0. The van der Waals surface area contributed by atoms with E-state index in [2.05, 4.69) is 0 Å². The Morgan fingerprint density at radius 1 is 0.814 bits per heavy atom. The third-order valence-electron chi connectivity index (χ3n) is 7.41. The zero-order valence-electron chi connectivity index (χ0n) is 24.8. The standard InChI is InChI=1S/C37H35NO5/c1-26-21-23-29(24-22-26)37(30-18-11-12-19-31(30)38(34(37)40)35(41)43-36(2,3)4)25-13-20-32(39)42-33(27-14-7-5-8-15-27)28-16-9-6-10-17-28/h5-24,33H,25H2,1-4H3/b20-13-/t37-/m0/s1. The molecule has 6 nitrogen and oxygen atoms in total. The van der Waals surface area contributed by atoms with Crippen LogP contribution in [0.5, 0.6) is 0 Å². The highest BCUT2D eigenvalue weighted by Gasteiger charge is 2.54. The molecule has 218 valence electrons. The number of hydrogen-bond acceptors (Lipinski definition) is 5. The van der Waals surface area contributed by atoms with E-state index in [0.717, 1.165) is 21.6 Å². The van der Waals surface area contributed by atoms with Crippen molar-refractivity contribution < 1.29 is 23.9 Å². The highest BCUT2D eigenvalue weighted by atomic mass is 16.6. The minimum Gasteiger partial charge on any atom is -0.449 e. The first-order chi connectivity index (χ1) is 20.6. The smallest absolute Gasteiger partial charge is 0.421 e. The van der Waals surface area contributed by atoms with E-state index in [9.17, 15) is 14.4 Å². The Morgan fingerprint density at radius 3 is 1.95 bits per heavy atom. The van der Waals surface area contributed by atoms with Crippen molar-refractivity contribution in [2.24, 2.45) is 0 Å². The summed E-state index contributed by atoms with van der Waals surface area (Å²) in [5, 5.41) is 0. The van der Waals surface area contributed by atoms with E-state index in [-0.39, 0.29) is 6.42 Å². The molecule has 0 N–H and O–H groups in total. The number of benzene rings is 4. The molecule has 0 aromatic heterocycles. The van der Waals surface area contributed by atoms with Gasteiger partial charge in [-0.1, -0.05) is 115 Å². The van der Waals surface area contributed by atoms with Gasteiger partial charge in [0.2, 0.25) is 0 Å². The van der Waals surface area contributed by atoms with Gasteiger partial charge >= 0.3 is 12.1 Å². The Bertz CT molecular complexity index is 1600. The molecule has 0 aliphatic carbocycles. The molecule has 4 aromatic carbocycles. The number of fused-ring (bicyclic) bond motifs is 1. The van der Waals surface area contributed by atoms with Gasteiger partial charge < -0.3 is 9.47 Å². The van der Waals surface area contributed by atoms with E-state index in [0.29, 0.717) is 16.8 Å². The van der Waals surface area contributed by atoms with Crippen LogP contribution >= 0.6 is 0 Å². The quantitative estimate of drug-likeness (QED) is 0.166. The number of esters is 1. The molecule has 5 rings (SSSR count). The number of nitrogens with zero attached hydrogens (tertiary/aromatic N) is 1. The van der Waals surface area contributed by atoms with Crippen LogP contribution in [0.1, 0.15) is 61.1 Å². The molecule has 6 heteroatoms. The zero-order valence-corrected chi connectivity index (χ0v) is 24.8. The number of anilines is 1. The van der Waals surface area contributed by atoms with Crippen LogP contribution in [0.4, 0.5) is 10.5 Å². The van der Waals surface area contributed by atoms with Crippen molar-refractivity contribution in [1.29, 1.82) is 0 Å². The van der Waals surface area contributed by atoms with Crippen molar-refractivity contribution in [3.8, 4) is 0 Å². The fourth-order valence-electron chi connectivity index (χ4n) is 5.44. The van der Waals surface area contributed by atoms with Gasteiger partial charge in [-0.25, -0.2) is 14.5 Å². The van der Waals surface area contributed by atoms with Gasteiger partial charge in [0.05, 0.1) is 5.69 Å². The van der Waals surface area contributed by atoms with E-state index in [1.807, 2.05) is 104 Å². The summed E-state index contributed by atoms with van der Waals surface area (Å²) in [6.07, 6.45) is 1.81. The number of imide groups is 1. The first-order valence-corrected chi connectivity index (χ1v) is 14.3. The molecule has 0 spiro atoms. The van der Waals surface area contributed by atoms with Crippen molar-refractivity contribution in [2.45, 2.75) is 51.2 Å².